The number of hydrogen-bond acceptors (Lipinski definition) is 6. The molecule has 0 saturated carbocycles. The predicted octanol–water partition coefficient (Wildman–Crippen LogP) is 6.10. The van der Waals surface area contributed by atoms with Gasteiger partial charge in [-0.2, -0.15) is 0 Å². The molecule has 0 saturated heterocycles. The van der Waals surface area contributed by atoms with Crippen LogP contribution in [-0.2, 0) is 29.2 Å². The first-order chi connectivity index (χ1) is 19.5. The van der Waals surface area contributed by atoms with Gasteiger partial charge in [-0.3, -0.25) is 9.69 Å². The quantitative estimate of drug-likeness (QED) is 0.166. The molecule has 2 aromatic carbocycles. The van der Waals surface area contributed by atoms with Gasteiger partial charge in [0, 0.05) is 29.2 Å². The van der Waals surface area contributed by atoms with Crippen LogP contribution in [0.2, 0.25) is 0 Å². The number of nitrogens with zero attached hydrogens (tertiary/aromatic N) is 2. The van der Waals surface area contributed by atoms with E-state index in [0.717, 1.165) is 16.0 Å². The van der Waals surface area contributed by atoms with Crippen molar-refractivity contribution in [3.8, 4) is 0 Å². The van der Waals surface area contributed by atoms with Crippen molar-refractivity contribution in [2.45, 2.75) is 71.3 Å². The van der Waals surface area contributed by atoms with Gasteiger partial charge in [0.1, 0.15) is 12.6 Å². The monoisotopic (exact) mass is 580 g/mol. The lowest BCUT2D eigenvalue weighted by molar-refractivity contribution is -0.139. The molecular weight excluding hydrogens is 540 g/mol. The number of alkyl carbamates (subject to hydrolysis) is 1. The Morgan fingerprint density at radius 3 is 2.27 bits per heavy atom. The smallest absolute Gasteiger partial charge is 0.408 e. The van der Waals surface area contributed by atoms with Crippen molar-refractivity contribution in [1.82, 2.24) is 15.1 Å². The number of ether oxygens (including phenoxy) is 1. The molecule has 3 amide bonds. The van der Waals surface area contributed by atoms with E-state index in [4.69, 9.17) is 10.5 Å². The number of thiophene rings is 1. The van der Waals surface area contributed by atoms with E-state index in [1.165, 1.54) is 4.90 Å². The molecule has 3 rings (SSSR count). The largest absolute Gasteiger partial charge is 0.465 e. The van der Waals surface area contributed by atoms with Gasteiger partial charge in [-0.05, 0) is 74.7 Å². The van der Waals surface area contributed by atoms with Crippen LogP contribution < -0.4 is 11.1 Å². The van der Waals surface area contributed by atoms with Gasteiger partial charge in [-0.15, -0.1) is 11.3 Å². The molecule has 0 fully saturated rings. The number of anilines is 1. The number of carbonyl (C=O) groups is 3. The standard InChI is InChI=1S/C31H40N4O5S/c1-31(2,3)35(30(38)39)27(13-7-8-18-33-29(37)40-22-24-10-5-4-6-11-24)28(36)34(21-26-12-9-19-41-26)20-23-14-16-25(32)17-15-23/h4-6,9-12,14-17,19,27H,7-8,13,18,20-22,32H2,1-3H3,(H,33,37)(H,38,39)/t27-/m1/s1. The van der Waals surface area contributed by atoms with E-state index in [1.807, 2.05) is 60.0 Å². The molecule has 0 radical (unpaired) electrons. The molecule has 0 spiro atoms. The van der Waals surface area contributed by atoms with Crippen molar-refractivity contribution < 1.29 is 24.2 Å². The first kappa shape index (κ1) is 31.5. The molecule has 1 aromatic heterocycles. The number of carboxylic acid groups (broad SMARTS) is 1. The van der Waals surface area contributed by atoms with Crippen LogP contribution in [0.4, 0.5) is 15.3 Å². The Hall–Kier alpha value is -4.05. The average molecular weight is 581 g/mol. The van der Waals surface area contributed by atoms with Crippen LogP contribution >= 0.6 is 11.3 Å². The van der Waals surface area contributed by atoms with Gasteiger partial charge < -0.3 is 25.8 Å². The minimum absolute atomic E-state index is 0.177. The molecule has 1 atom stereocenters. The zero-order valence-corrected chi connectivity index (χ0v) is 24.7. The highest BCUT2D eigenvalue weighted by Gasteiger charge is 2.39. The minimum atomic E-state index is -1.15. The van der Waals surface area contributed by atoms with Crippen LogP contribution in [0.15, 0.2) is 72.1 Å². The van der Waals surface area contributed by atoms with Crippen molar-refractivity contribution >= 4 is 35.1 Å². The number of unbranched alkanes of at least 4 members (excludes halogenated alkanes) is 1. The van der Waals surface area contributed by atoms with Gasteiger partial charge in [0.2, 0.25) is 5.91 Å². The van der Waals surface area contributed by atoms with Crippen molar-refractivity contribution in [2.24, 2.45) is 0 Å². The molecule has 10 heteroatoms. The maximum Gasteiger partial charge on any atom is 0.408 e. The van der Waals surface area contributed by atoms with Crippen LogP contribution in [0.3, 0.4) is 0 Å². The number of hydrogen-bond donors (Lipinski definition) is 3. The maximum absolute atomic E-state index is 14.1. The van der Waals surface area contributed by atoms with E-state index < -0.39 is 23.8 Å². The minimum Gasteiger partial charge on any atom is -0.465 e. The van der Waals surface area contributed by atoms with E-state index in [9.17, 15) is 19.5 Å². The summed E-state index contributed by atoms with van der Waals surface area (Å²) in [5.41, 5.74) is 7.47. The molecule has 0 aliphatic carbocycles. The molecule has 41 heavy (non-hydrogen) atoms. The summed E-state index contributed by atoms with van der Waals surface area (Å²) >= 11 is 1.55. The summed E-state index contributed by atoms with van der Waals surface area (Å²) in [7, 11) is 0. The third-order valence-electron chi connectivity index (χ3n) is 6.50. The SMILES string of the molecule is CC(C)(C)N(C(=O)O)[C@H](CCCCNC(=O)OCc1ccccc1)C(=O)N(Cc1ccc(N)cc1)Cc1cccs1. The van der Waals surface area contributed by atoms with Gasteiger partial charge in [0.05, 0.1) is 6.54 Å². The van der Waals surface area contributed by atoms with Crippen LogP contribution in [0, 0.1) is 0 Å². The number of nitrogen functional groups attached to an aromatic ring is 1. The summed E-state index contributed by atoms with van der Waals surface area (Å²) in [6, 6.07) is 19.7. The molecule has 0 unspecified atom stereocenters. The molecule has 0 bridgehead atoms. The van der Waals surface area contributed by atoms with E-state index in [0.29, 0.717) is 44.6 Å². The second-order valence-corrected chi connectivity index (χ2v) is 11.9. The fraction of sp³-hybridized carbons (Fsp3) is 0.387. The van der Waals surface area contributed by atoms with E-state index >= 15 is 0 Å². The van der Waals surface area contributed by atoms with Crippen LogP contribution in [0.5, 0.6) is 0 Å². The van der Waals surface area contributed by atoms with E-state index in [1.54, 1.807) is 49.1 Å². The normalized spacial score (nSPS) is 11.9. The third kappa shape index (κ3) is 10.1. The van der Waals surface area contributed by atoms with E-state index in [-0.39, 0.29) is 12.5 Å². The highest BCUT2D eigenvalue weighted by molar-refractivity contribution is 7.09. The van der Waals surface area contributed by atoms with Gasteiger partial charge in [-0.25, -0.2) is 9.59 Å². The first-order valence-electron chi connectivity index (χ1n) is 13.7. The number of nitrogens with two attached hydrogens (primary N) is 1. The zero-order valence-electron chi connectivity index (χ0n) is 23.9. The summed E-state index contributed by atoms with van der Waals surface area (Å²) < 4.78 is 5.25. The Morgan fingerprint density at radius 2 is 1.66 bits per heavy atom. The molecule has 220 valence electrons. The van der Waals surface area contributed by atoms with Crippen molar-refractivity contribution in [1.29, 1.82) is 0 Å². The highest BCUT2D eigenvalue weighted by atomic mass is 32.1. The topological polar surface area (TPSA) is 125 Å². The zero-order chi connectivity index (χ0) is 29.8. The number of carbonyl (C=O) groups excluding carboxylic acids is 2. The molecule has 3 aromatic rings. The Balaban J connectivity index is 1.68. The Kier molecular flexibility index (Phi) is 11.6. The summed E-state index contributed by atoms with van der Waals surface area (Å²) in [6.07, 6.45) is -0.267. The summed E-state index contributed by atoms with van der Waals surface area (Å²) in [6.45, 7) is 6.57. The molecule has 1 heterocycles. The van der Waals surface area contributed by atoms with Crippen molar-refractivity contribution in [2.75, 3.05) is 12.3 Å². The fourth-order valence-electron chi connectivity index (χ4n) is 4.53. The van der Waals surface area contributed by atoms with Crippen LogP contribution in [-0.4, -0.2) is 51.1 Å². The third-order valence-corrected chi connectivity index (χ3v) is 7.36. The van der Waals surface area contributed by atoms with Gasteiger partial charge >= 0.3 is 12.2 Å². The van der Waals surface area contributed by atoms with Crippen LogP contribution in [0.1, 0.15) is 56.0 Å². The number of benzene rings is 2. The van der Waals surface area contributed by atoms with Gasteiger partial charge in [0.15, 0.2) is 0 Å². The molecule has 0 aliphatic rings. The number of amides is 3. The maximum atomic E-state index is 14.1. The molecular formula is C31H40N4O5S. The Morgan fingerprint density at radius 1 is 0.951 bits per heavy atom. The van der Waals surface area contributed by atoms with Crippen molar-refractivity contribution in [3.63, 3.8) is 0 Å². The summed E-state index contributed by atoms with van der Waals surface area (Å²) in [5.74, 6) is -0.261. The Labute approximate surface area is 245 Å². The van der Waals surface area contributed by atoms with E-state index in [2.05, 4.69) is 5.32 Å². The first-order valence-corrected chi connectivity index (χ1v) is 14.5. The lowest BCUT2D eigenvalue weighted by atomic mass is 9.98. The lowest BCUT2D eigenvalue weighted by Gasteiger charge is -2.41. The Bertz CT molecular complexity index is 1240. The molecule has 0 aliphatic heterocycles. The van der Waals surface area contributed by atoms with Crippen molar-refractivity contribution in [3.05, 3.63) is 88.1 Å². The second-order valence-electron chi connectivity index (χ2n) is 10.8. The summed E-state index contributed by atoms with van der Waals surface area (Å²) in [4.78, 5) is 42.7. The second kappa shape index (κ2) is 15.1. The fourth-order valence-corrected chi connectivity index (χ4v) is 5.25. The highest BCUT2D eigenvalue weighted by Crippen LogP contribution is 2.25. The van der Waals surface area contributed by atoms with Crippen LogP contribution in [0.25, 0.3) is 0 Å². The van der Waals surface area contributed by atoms with Gasteiger partial charge in [-0.1, -0.05) is 48.5 Å². The predicted molar refractivity (Wildman–Crippen MR) is 161 cm³/mol. The average Bonchev–Trinajstić information content (AvgIpc) is 3.44. The molecule has 4 N–H and O–H groups in total. The number of rotatable bonds is 13. The molecule has 9 nitrogen and oxygen atoms in total. The van der Waals surface area contributed by atoms with Gasteiger partial charge in [0.25, 0.3) is 0 Å². The lowest BCUT2D eigenvalue weighted by Crippen LogP contribution is -2.57. The summed E-state index contributed by atoms with van der Waals surface area (Å²) in [5, 5.41) is 14.9. The number of nitrogens with one attached hydrogen (secondary N) is 1.